The van der Waals surface area contributed by atoms with E-state index in [-0.39, 0.29) is 5.91 Å². The first-order valence-electron chi connectivity index (χ1n) is 3.06. The van der Waals surface area contributed by atoms with E-state index in [4.69, 9.17) is 5.84 Å². The molecular formula is C5H9N3O2. The lowest BCUT2D eigenvalue weighted by atomic mass is 10.4. The van der Waals surface area contributed by atoms with Crippen LogP contribution in [0.5, 0.6) is 0 Å². The Hall–Kier alpha value is -1.10. The SMILES string of the molecule is NNC(=O)N1CCCC1=O. The number of likely N-dealkylation sites (tertiary alicyclic amines) is 1. The largest absolute Gasteiger partial charge is 0.338 e. The molecule has 0 unspecified atom stereocenters. The van der Waals surface area contributed by atoms with Crippen LogP contribution >= 0.6 is 0 Å². The van der Waals surface area contributed by atoms with Crippen molar-refractivity contribution >= 4 is 11.9 Å². The van der Waals surface area contributed by atoms with Gasteiger partial charge in [-0.15, -0.1) is 0 Å². The molecule has 0 aliphatic carbocycles. The first-order valence-corrected chi connectivity index (χ1v) is 3.06. The molecule has 5 heteroatoms. The van der Waals surface area contributed by atoms with Crippen molar-refractivity contribution in [3.8, 4) is 0 Å². The molecule has 3 amide bonds. The topological polar surface area (TPSA) is 75.4 Å². The van der Waals surface area contributed by atoms with E-state index in [0.717, 1.165) is 11.3 Å². The highest BCUT2D eigenvalue weighted by Gasteiger charge is 2.25. The van der Waals surface area contributed by atoms with Crippen molar-refractivity contribution < 1.29 is 9.59 Å². The van der Waals surface area contributed by atoms with Gasteiger partial charge in [0.2, 0.25) is 5.91 Å². The molecule has 0 spiro atoms. The molecule has 1 aliphatic rings. The second-order valence-corrected chi connectivity index (χ2v) is 2.10. The molecule has 1 aliphatic heterocycles. The quantitative estimate of drug-likeness (QED) is 0.264. The maximum Gasteiger partial charge on any atom is 0.338 e. The molecule has 0 atom stereocenters. The molecule has 1 rings (SSSR count). The summed E-state index contributed by atoms with van der Waals surface area (Å²) in [4.78, 5) is 22.6. The van der Waals surface area contributed by atoms with Crippen LogP contribution in [0.3, 0.4) is 0 Å². The van der Waals surface area contributed by atoms with Crippen LogP contribution in [0.4, 0.5) is 4.79 Å². The Balaban J connectivity index is 2.55. The molecule has 0 aromatic heterocycles. The molecule has 1 fully saturated rings. The third kappa shape index (κ3) is 1.08. The first-order chi connectivity index (χ1) is 4.75. The number of nitrogens with zero attached hydrogens (tertiary/aromatic N) is 1. The number of nitrogens with two attached hydrogens (primary N) is 1. The number of rotatable bonds is 0. The lowest BCUT2D eigenvalue weighted by Crippen LogP contribution is -2.43. The maximum atomic E-state index is 10.8. The lowest BCUT2D eigenvalue weighted by Gasteiger charge is -2.10. The van der Waals surface area contributed by atoms with Crippen LogP contribution in [-0.2, 0) is 4.79 Å². The molecule has 1 heterocycles. The molecule has 0 aromatic carbocycles. The fraction of sp³-hybridized carbons (Fsp3) is 0.600. The van der Waals surface area contributed by atoms with E-state index < -0.39 is 6.03 Å². The number of carbonyl (C=O) groups excluding carboxylic acids is 2. The number of hydrazine groups is 1. The Morgan fingerprint density at radius 3 is 2.80 bits per heavy atom. The van der Waals surface area contributed by atoms with Crippen LogP contribution in [0.15, 0.2) is 0 Å². The molecule has 0 bridgehead atoms. The Morgan fingerprint density at radius 1 is 1.70 bits per heavy atom. The van der Waals surface area contributed by atoms with Crippen LogP contribution in [-0.4, -0.2) is 23.4 Å². The van der Waals surface area contributed by atoms with E-state index in [9.17, 15) is 9.59 Å². The predicted molar refractivity (Wildman–Crippen MR) is 33.7 cm³/mol. The van der Waals surface area contributed by atoms with Gasteiger partial charge in [-0.25, -0.2) is 10.6 Å². The maximum absolute atomic E-state index is 10.8. The lowest BCUT2D eigenvalue weighted by molar-refractivity contribution is -0.125. The molecule has 10 heavy (non-hydrogen) atoms. The summed E-state index contributed by atoms with van der Waals surface area (Å²) in [5.41, 5.74) is 1.90. The smallest absolute Gasteiger partial charge is 0.275 e. The number of urea groups is 1. The minimum Gasteiger partial charge on any atom is -0.275 e. The van der Waals surface area contributed by atoms with E-state index in [1.165, 1.54) is 0 Å². The monoisotopic (exact) mass is 143 g/mol. The molecule has 0 saturated carbocycles. The third-order valence-corrected chi connectivity index (χ3v) is 1.44. The molecular weight excluding hydrogens is 134 g/mol. The highest BCUT2D eigenvalue weighted by molar-refractivity contribution is 5.95. The summed E-state index contributed by atoms with van der Waals surface area (Å²) in [6.45, 7) is 0.488. The Morgan fingerprint density at radius 2 is 2.40 bits per heavy atom. The first kappa shape index (κ1) is 7.01. The van der Waals surface area contributed by atoms with E-state index in [2.05, 4.69) is 0 Å². The van der Waals surface area contributed by atoms with Gasteiger partial charge in [0.1, 0.15) is 0 Å². The van der Waals surface area contributed by atoms with Crippen LogP contribution in [0.2, 0.25) is 0 Å². The van der Waals surface area contributed by atoms with Crippen LogP contribution in [0, 0.1) is 0 Å². The second-order valence-electron chi connectivity index (χ2n) is 2.10. The minimum absolute atomic E-state index is 0.150. The molecule has 0 radical (unpaired) electrons. The fourth-order valence-corrected chi connectivity index (χ4v) is 0.941. The van der Waals surface area contributed by atoms with Crippen molar-refractivity contribution in [2.24, 2.45) is 5.84 Å². The highest BCUT2D eigenvalue weighted by atomic mass is 16.2. The third-order valence-electron chi connectivity index (χ3n) is 1.44. The molecule has 5 nitrogen and oxygen atoms in total. The van der Waals surface area contributed by atoms with Gasteiger partial charge in [0.25, 0.3) is 0 Å². The molecule has 1 saturated heterocycles. The summed E-state index contributed by atoms with van der Waals surface area (Å²) >= 11 is 0. The number of nitrogens with one attached hydrogen (secondary N) is 1. The number of hydrogen-bond donors (Lipinski definition) is 2. The fourth-order valence-electron chi connectivity index (χ4n) is 0.941. The van der Waals surface area contributed by atoms with E-state index in [0.29, 0.717) is 13.0 Å². The van der Waals surface area contributed by atoms with Gasteiger partial charge in [0, 0.05) is 13.0 Å². The number of amides is 3. The normalized spacial score (nSPS) is 17.7. The zero-order chi connectivity index (χ0) is 7.56. The summed E-state index contributed by atoms with van der Waals surface area (Å²) in [5.74, 6) is 4.67. The molecule has 0 aromatic rings. The van der Waals surface area contributed by atoms with Gasteiger partial charge in [-0.1, -0.05) is 0 Å². The second kappa shape index (κ2) is 2.66. The highest BCUT2D eigenvalue weighted by Crippen LogP contribution is 2.08. The van der Waals surface area contributed by atoms with Crippen LogP contribution < -0.4 is 11.3 Å². The number of carbonyl (C=O) groups is 2. The van der Waals surface area contributed by atoms with E-state index >= 15 is 0 Å². The Bertz CT molecular complexity index is 168. The number of hydrogen-bond acceptors (Lipinski definition) is 3. The average molecular weight is 143 g/mol. The van der Waals surface area contributed by atoms with E-state index in [1.54, 1.807) is 0 Å². The Labute approximate surface area is 58.1 Å². The van der Waals surface area contributed by atoms with Gasteiger partial charge >= 0.3 is 6.03 Å². The van der Waals surface area contributed by atoms with Gasteiger partial charge in [0.05, 0.1) is 0 Å². The summed E-state index contributed by atoms with van der Waals surface area (Å²) in [5, 5.41) is 0. The molecule has 3 N–H and O–H groups in total. The molecule has 56 valence electrons. The predicted octanol–water partition coefficient (Wildman–Crippen LogP) is -0.808. The van der Waals surface area contributed by atoms with Crippen molar-refractivity contribution in [3.05, 3.63) is 0 Å². The van der Waals surface area contributed by atoms with Gasteiger partial charge in [-0.05, 0) is 6.42 Å². The van der Waals surface area contributed by atoms with Crippen molar-refractivity contribution in [3.63, 3.8) is 0 Å². The summed E-state index contributed by atoms with van der Waals surface area (Å²) in [7, 11) is 0. The summed E-state index contributed by atoms with van der Waals surface area (Å²) in [6, 6.07) is -0.512. The zero-order valence-electron chi connectivity index (χ0n) is 5.46. The van der Waals surface area contributed by atoms with Crippen molar-refractivity contribution in [1.29, 1.82) is 0 Å². The standard InChI is InChI=1S/C5H9N3O2/c6-7-5(10)8-3-1-2-4(8)9/h1-3,6H2,(H,7,10). The number of imide groups is 1. The van der Waals surface area contributed by atoms with Crippen molar-refractivity contribution in [2.45, 2.75) is 12.8 Å². The van der Waals surface area contributed by atoms with Crippen molar-refractivity contribution in [2.75, 3.05) is 6.54 Å². The Kier molecular flexibility index (Phi) is 1.86. The van der Waals surface area contributed by atoms with Gasteiger partial charge in [-0.3, -0.25) is 15.1 Å². The van der Waals surface area contributed by atoms with Crippen LogP contribution in [0.25, 0.3) is 0 Å². The van der Waals surface area contributed by atoms with Gasteiger partial charge < -0.3 is 0 Å². The average Bonchev–Trinajstić information content (AvgIpc) is 2.34. The van der Waals surface area contributed by atoms with Gasteiger partial charge in [-0.2, -0.15) is 0 Å². The minimum atomic E-state index is -0.512. The summed E-state index contributed by atoms with van der Waals surface area (Å²) < 4.78 is 0. The summed E-state index contributed by atoms with van der Waals surface area (Å²) in [6.07, 6.45) is 1.19. The van der Waals surface area contributed by atoms with E-state index in [1.807, 2.05) is 5.43 Å². The zero-order valence-corrected chi connectivity index (χ0v) is 5.46. The van der Waals surface area contributed by atoms with Crippen LogP contribution in [0.1, 0.15) is 12.8 Å². The van der Waals surface area contributed by atoms with Crippen molar-refractivity contribution in [1.82, 2.24) is 10.3 Å². The van der Waals surface area contributed by atoms with Gasteiger partial charge in [0.15, 0.2) is 0 Å².